The maximum Gasteiger partial charge on any atom is 0.135 e. The third kappa shape index (κ3) is 5.91. The molecule has 2 heteroatoms. The Balaban J connectivity index is 0.998. The summed E-state index contributed by atoms with van der Waals surface area (Å²) in [5.41, 5.74) is 14.6. The van der Waals surface area contributed by atoms with Crippen LogP contribution in [-0.2, 0) is 0 Å². The summed E-state index contributed by atoms with van der Waals surface area (Å²) in [6.07, 6.45) is 0. The van der Waals surface area contributed by atoms with E-state index in [9.17, 15) is 0 Å². The molecule has 1 aromatic heterocycles. The zero-order valence-electron chi connectivity index (χ0n) is 31.7. The van der Waals surface area contributed by atoms with Gasteiger partial charge in [0.1, 0.15) is 11.2 Å². The summed E-state index contributed by atoms with van der Waals surface area (Å²) >= 11 is 0. The number of para-hydroxylation sites is 1. The highest BCUT2D eigenvalue weighted by molar-refractivity contribution is 6.07. The van der Waals surface area contributed by atoms with E-state index < -0.39 is 0 Å². The molecule has 0 spiro atoms. The fourth-order valence-electron chi connectivity index (χ4n) is 8.63. The van der Waals surface area contributed by atoms with Crippen LogP contribution in [0.25, 0.3) is 88.0 Å². The molecule has 0 aliphatic carbocycles. The first kappa shape index (κ1) is 33.6. The van der Waals surface area contributed by atoms with Crippen molar-refractivity contribution in [2.75, 3.05) is 4.90 Å². The zero-order valence-corrected chi connectivity index (χ0v) is 31.7. The first-order valence-corrected chi connectivity index (χ1v) is 19.8. The van der Waals surface area contributed by atoms with Gasteiger partial charge in [-0.05, 0) is 115 Å². The van der Waals surface area contributed by atoms with Gasteiger partial charge in [0, 0.05) is 27.5 Å². The van der Waals surface area contributed by atoms with Gasteiger partial charge in [-0.1, -0.05) is 170 Å². The average molecular weight is 740 g/mol. The van der Waals surface area contributed by atoms with E-state index >= 15 is 0 Å². The Morgan fingerprint density at radius 2 is 0.828 bits per heavy atom. The highest BCUT2D eigenvalue weighted by Crippen LogP contribution is 2.42. The number of hydrogen-bond donors (Lipinski definition) is 0. The normalized spacial score (nSPS) is 11.4. The monoisotopic (exact) mass is 739 g/mol. The minimum absolute atomic E-state index is 0.904. The molecule has 0 saturated heterocycles. The summed E-state index contributed by atoms with van der Waals surface area (Å²) in [7, 11) is 0. The van der Waals surface area contributed by atoms with Gasteiger partial charge in [0.25, 0.3) is 0 Å². The highest BCUT2D eigenvalue weighted by Gasteiger charge is 2.18. The molecule has 0 radical (unpaired) electrons. The third-order valence-corrected chi connectivity index (χ3v) is 11.5. The third-order valence-electron chi connectivity index (χ3n) is 11.5. The van der Waals surface area contributed by atoms with Crippen molar-refractivity contribution in [3.8, 4) is 44.5 Å². The molecule has 0 aliphatic rings. The highest BCUT2D eigenvalue weighted by atomic mass is 16.3. The largest absolute Gasteiger partial charge is 0.456 e. The van der Waals surface area contributed by atoms with Crippen LogP contribution >= 0.6 is 0 Å². The van der Waals surface area contributed by atoms with Gasteiger partial charge in [-0.15, -0.1) is 0 Å². The van der Waals surface area contributed by atoms with Gasteiger partial charge in [0.05, 0.1) is 5.69 Å². The smallest absolute Gasteiger partial charge is 0.135 e. The van der Waals surface area contributed by atoms with Crippen LogP contribution < -0.4 is 4.90 Å². The first-order valence-electron chi connectivity index (χ1n) is 19.8. The summed E-state index contributed by atoms with van der Waals surface area (Å²) < 4.78 is 6.17. The molecule has 10 aromatic carbocycles. The van der Waals surface area contributed by atoms with Crippen molar-refractivity contribution < 1.29 is 4.42 Å². The van der Waals surface area contributed by atoms with Crippen molar-refractivity contribution in [3.05, 3.63) is 224 Å². The van der Waals surface area contributed by atoms with Crippen molar-refractivity contribution in [1.82, 2.24) is 0 Å². The number of anilines is 3. The van der Waals surface area contributed by atoms with Gasteiger partial charge in [0.2, 0.25) is 0 Å². The van der Waals surface area contributed by atoms with E-state index in [0.29, 0.717) is 0 Å². The van der Waals surface area contributed by atoms with Crippen molar-refractivity contribution in [1.29, 1.82) is 0 Å². The topological polar surface area (TPSA) is 16.4 Å². The number of fused-ring (bicyclic) bond motifs is 5. The second kappa shape index (κ2) is 14.1. The lowest BCUT2D eigenvalue weighted by Crippen LogP contribution is -2.10. The van der Waals surface area contributed by atoms with E-state index in [1.807, 2.05) is 12.1 Å². The molecule has 0 N–H and O–H groups in total. The molecule has 0 saturated carbocycles. The van der Waals surface area contributed by atoms with Gasteiger partial charge < -0.3 is 9.32 Å². The van der Waals surface area contributed by atoms with E-state index in [1.165, 1.54) is 54.9 Å². The van der Waals surface area contributed by atoms with Gasteiger partial charge in [-0.25, -0.2) is 0 Å². The molecule has 1 heterocycles. The number of hydrogen-bond acceptors (Lipinski definition) is 2. The molecular formula is C56H37NO. The van der Waals surface area contributed by atoms with E-state index in [1.54, 1.807) is 0 Å². The lowest BCUT2D eigenvalue weighted by molar-refractivity contribution is 0.669. The summed E-state index contributed by atoms with van der Waals surface area (Å²) in [5.74, 6) is 0. The van der Waals surface area contributed by atoms with Gasteiger partial charge in [-0.3, -0.25) is 0 Å². The van der Waals surface area contributed by atoms with E-state index in [4.69, 9.17) is 4.42 Å². The van der Waals surface area contributed by atoms with Crippen LogP contribution in [0.5, 0.6) is 0 Å². The van der Waals surface area contributed by atoms with Crippen LogP contribution in [0.3, 0.4) is 0 Å². The van der Waals surface area contributed by atoms with Crippen molar-refractivity contribution in [2.45, 2.75) is 0 Å². The standard InChI is InChI=1S/C56H37NO/c1-2-12-41(13-3-1)52-36-43(28-34-49(52)44-29-35-56-53(37-44)51-20-8-9-23-55(51)58-56)38-24-30-45(31-25-38)57(54-22-11-17-40-15-5-7-19-50(40)54)46-32-26-42(27-33-46)48-21-10-16-39-14-4-6-18-47(39)48/h1-37H. The molecule has 0 bridgehead atoms. The summed E-state index contributed by atoms with van der Waals surface area (Å²) in [6.45, 7) is 0. The number of nitrogens with zero attached hydrogens (tertiary/aromatic N) is 1. The number of furan rings is 1. The summed E-state index contributed by atoms with van der Waals surface area (Å²) in [5, 5.41) is 7.19. The van der Waals surface area contributed by atoms with Gasteiger partial charge >= 0.3 is 0 Å². The molecule has 0 amide bonds. The molecule has 2 nitrogen and oxygen atoms in total. The molecule has 0 fully saturated rings. The summed E-state index contributed by atoms with van der Waals surface area (Å²) in [4.78, 5) is 2.38. The van der Waals surface area contributed by atoms with E-state index in [-0.39, 0.29) is 0 Å². The zero-order chi connectivity index (χ0) is 38.4. The van der Waals surface area contributed by atoms with Gasteiger partial charge in [0.15, 0.2) is 0 Å². The lowest BCUT2D eigenvalue weighted by atomic mass is 9.90. The van der Waals surface area contributed by atoms with Crippen LogP contribution in [0.15, 0.2) is 229 Å². The van der Waals surface area contributed by atoms with Gasteiger partial charge in [-0.2, -0.15) is 0 Å². The first-order chi connectivity index (χ1) is 28.7. The molecule has 58 heavy (non-hydrogen) atoms. The van der Waals surface area contributed by atoms with Crippen LogP contribution in [0.2, 0.25) is 0 Å². The maximum absolute atomic E-state index is 6.17. The van der Waals surface area contributed by atoms with Crippen LogP contribution in [0.4, 0.5) is 17.1 Å². The number of benzene rings is 10. The van der Waals surface area contributed by atoms with Crippen LogP contribution in [0, 0.1) is 0 Å². The molecule has 0 atom stereocenters. The molecular weight excluding hydrogens is 703 g/mol. The second-order valence-corrected chi connectivity index (χ2v) is 14.9. The van der Waals surface area contributed by atoms with Crippen LogP contribution in [0.1, 0.15) is 0 Å². The SMILES string of the molecule is c1ccc(-c2cc(-c3ccc(N(c4ccc(-c5cccc6ccccc56)cc4)c4cccc5ccccc45)cc3)ccc2-c2ccc3oc4ccccc4c3c2)cc1. The summed E-state index contributed by atoms with van der Waals surface area (Å²) in [6, 6.07) is 80.8. The Kier molecular flexibility index (Phi) is 8.19. The lowest BCUT2D eigenvalue weighted by Gasteiger charge is -2.27. The Hall–Kier alpha value is -7.68. The Morgan fingerprint density at radius 1 is 0.276 bits per heavy atom. The van der Waals surface area contributed by atoms with Crippen molar-refractivity contribution in [3.63, 3.8) is 0 Å². The van der Waals surface area contributed by atoms with E-state index in [2.05, 4.69) is 217 Å². The number of rotatable bonds is 7. The minimum atomic E-state index is 0.904. The minimum Gasteiger partial charge on any atom is -0.456 e. The fourth-order valence-corrected chi connectivity index (χ4v) is 8.63. The van der Waals surface area contributed by atoms with Crippen molar-refractivity contribution >= 4 is 60.5 Å². The van der Waals surface area contributed by atoms with Crippen molar-refractivity contribution in [2.24, 2.45) is 0 Å². The predicted octanol–water partition coefficient (Wildman–Crippen LogP) is 16.0. The molecule has 0 aliphatic heterocycles. The molecule has 11 aromatic rings. The quantitative estimate of drug-likeness (QED) is 0.162. The Morgan fingerprint density at radius 3 is 1.60 bits per heavy atom. The second-order valence-electron chi connectivity index (χ2n) is 14.9. The fraction of sp³-hybridized carbons (Fsp3) is 0. The van der Waals surface area contributed by atoms with Crippen LogP contribution in [-0.4, -0.2) is 0 Å². The Labute approximate surface area is 337 Å². The maximum atomic E-state index is 6.17. The molecule has 272 valence electrons. The Bertz CT molecular complexity index is 3260. The average Bonchev–Trinajstić information content (AvgIpc) is 3.68. The molecule has 0 unspecified atom stereocenters. The predicted molar refractivity (Wildman–Crippen MR) is 245 cm³/mol. The van der Waals surface area contributed by atoms with E-state index in [0.717, 1.165) is 50.1 Å². The molecule has 11 rings (SSSR count).